The number of cyclic esters (lactones) is 1. The number of carbonyl (C=O) groups is 2. The van der Waals surface area contributed by atoms with E-state index in [0.29, 0.717) is 0 Å². The molecule has 1 saturated heterocycles. The summed E-state index contributed by atoms with van der Waals surface area (Å²) in [7, 11) is 0. The molecule has 0 aromatic rings. The zero-order valence-electron chi connectivity index (χ0n) is 10.5. The fourth-order valence-electron chi connectivity index (χ4n) is 1.46. The number of hydrogen-bond donors (Lipinski definition) is 1. The Balaban J connectivity index is 2.46. The Hall–Kier alpha value is -1.95. The van der Waals surface area contributed by atoms with Crippen molar-refractivity contribution in [3.63, 3.8) is 0 Å². The van der Waals surface area contributed by atoms with E-state index >= 15 is 0 Å². The van der Waals surface area contributed by atoms with Crippen LogP contribution in [0.15, 0.2) is 5.11 Å². The first-order valence-corrected chi connectivity index (χ1v) is 5.52. The summed E-state index contributed by atoms with van der Waals surface area (Å²) < 4.78 is 9.96. The molecule has 0 bridgehead atoms. The van der Waals surface area contributed by atoms with Crippen LogP contribution in [0.5, 0.6) is 0 Å². The van der Waals surface area contributed by atoms with E-state index in [0.717, 1.165) is 0 Å². The van der Waals surface area contributed by atoms with Crippen molar-refractivity contribution in [2.75, 3.05) is 6.54 Å². The lowest BCUT2D eigenvalue weighted by Gasteiger charge is -2.20. The highest BCUT2D eigenvalue weighted by atomic mass is 16.6. The third-order valence-electron chi connectivity index (χ3n) is 2.11. The van der Waals surface area contributed by atoms with E-state index in [1.165, 1.54) is 0 Å². The number of nitrogens with zero attached hydrogens (tertiary/aromatic N) is 3. The number of ether oxygens (including phenoxy) is 2. The molecule has 0 saturated carbocycles. The third-order valence-corrected chi connectivity index (χ3v) is 2.11. The number of hydrogen-bond acceptors (Lipinski definition) is 5. The molecule has 0 spiro atoms. The first-order chi connectivity index (χ1) is 8.31. The van der Waals surface area contributed by atoms with Crippen molar-refractivity contribution in [1.29, 1.82) is 0 Å². The molecule has 18 heavy (non-hydrogen) atoms. The molecule has 1 amide bonds. The molecule has 8 heteroatoms. The highest BCUT2D eigenvalue weighted by molar-refractivity contribution is 5.83. The van der Waals surface area contributed by atoms with Crippen LogP contribution in [0.4, 0.5) is 4.79 Å². The van der Waals surface area contributed by atoms with Crippen molar-refractivity contribution < 1.29 is 19.1 Å². The molecular weight excluding hydrogens is 240 g/mol. The summed E-state index contributed by atoms with van der Waals surface area (Å²) in [5, 5.41) is 5.74. The summed E-state index contributed by atoms with van der Waals surface area (Å²) in [4.78, 5) is 25.5. The number of carbonyl (C=O) groups excluding carboxylic acids is 2. The van der Waals surface area contributed by atoms with Crippen LogP contribution in [0.3, 0.4) is 0 Å². The zero-order chi connectivity index (χ0) is 13.8. The fourth-order valence-corrected chi connectivity index (χ4v) is 1.46. The summed E-state index contributed by atoms with van der Waals surface area (Å²) in [5.74, 6) is -0.543. The predicted molar refractivity (Wildman–Crippen MR) is 61.7 cm³/mol. The Bertz CT molecular complexity index is 384. The molecular formula is C10H16N4O4. The van der Waals surface area contributed by atoms with Crippen molar-refractivity contribution in [2.24, 2.45) is 5.11 Å². The number of amides is 1. The minimum absolute atomic E-state index is 0.0642. The van der Waals surface area contributed by atoms with Crippen LogP contribution in [0.1, 0.15) is 27.2 Å². The van der Waals surface area contributed by atoms with Crippen molar-refractivity contribution in [1.82, 2.24) is 5.32 Å². The maximum absolute atomic E-state index is 11.5. The van der Waals surface area contributed by atoms with Gasteiger partial charge in [0.2, 0.25) is 0 Å². The lowest BCUT2D eigenvalue weighted by atomic mass is 10.2. The van der Waals surface area contributed by atoms with Crippen LogP contribution >= 0.6 is 0 Å². The highest BCUT2D eigenvalue weighted by Crippen LogP contribution is 2.16. The average Bonchev–Trinajstić information content (AvgIpc) is 2.53. The predicted octanol–water partition coefficient (Wildman–Crippen LogP) is 1.51. The summed E-state index contributed by atoms with van der Waals surface area (Å²) in [6.45, 7) is 5.24. The van der Waals surface area contributed by atoms with Crippen molar-refractivity contribution in [3.05, 3.63) is 10.4 Å². The molecule has 8 nitrogen and oxygen atoms in total. The van der Waals surface area contributed by atoms with Crippen LogP contribution in [0.2, 0.25) is 0 Å². The van der Waals surface area contributed by atoms with Gasteiger partial charge in [-0.25, -0.2) is 9.59 Å². The molecule has 100 valence electrons. The van der Waals surface area contributed by atoms with Gasteiger partial charge in [-0.1, -0.05) is 5.11 Å². The molecule has 0 radical (unpaired) electrons. The maximum Gasteiger partial charge on any atom is 0.408 e. The van der Waals surface area contributed by atoms with Gasteiger partial charge in [0.15, 0.2) is 0 Å². The van der Waals surface area contributed by atoms with Crippen molar-refractivity contribution >= 4 is 12.1 Å². The Morgan fingerprint density at radius 1 is 1.67 bits per heavy atom. The van der Waals surface area contributed by atoms with E-state index in [-0.39, 0.29) is 13.0 Å². The molecule has 0 aromatic carbocycles. The summed E-state index contributed by atoms with van der Waals surface area (Å²) in [6, 6.07) is -0.751. The zero-order valence-corrected chi connectivity index (χ0v) is 10.5. The second-order valence-corrected chi connectivity index (χ2v) is 4.91. The SMILES string of the molecule is CC(C)(C)OC(=O)N[C@H]1C[C@H](CN=[N+]=[N-])OC1=O. The quantitative estimate of drug-likeness (QED) is 0.356. The Morgan fingerprint density at radius 2 is 2.33 bits per heavy atom. The number of rotatable bonds is 3. The van der Waals surface area contributed by atoms with Crippen LogP contribution in [0, 0.1) is 0 Å². The monoisotopic (exact) mass is 256 g/mol. The summed E-state index contributed by atoms with van der Waals surface area (Å²) >= 11 is 0. The van der Waals surface area contributed by atoms with E-state index in [1.807, 2.05) is 0 Å². The molecule has 0 aliphatic carbocycles. The summed E-state index contributed by atoms with van der Waals surface area (Å²) in [5.41, 5.74) is 7.53. The Kier molecular flexibility index (Phi) is 4.38. The molecule has 1 rings (SSSR count). The molecule has 1 aliphatic rings. The number of alkyl carbamates (subject to hydrolysis) is 1. The van der Waals surface area contributed by atoms with Gasteiger partial charge in [0.1, 0.15) is 17.7 Å². The second-order valence-electron chi connectivity index (χ2n) is 4.91. The number of azide groups is 1. The lowest BCUT2D eigenvalue weighted by Crippen LogP contribution is -2.41. The van der Waals surface area contributed by atoms with E-state index in [2.05, 4.69) is 15.3 Å². The van der Waals surface area contributed by atoms with Gasteiger partial charge in [-0.15, -0.1) is 0 Å². The lowest BCUT2D eigenvalue weighted by molar-refractivity contribution is -0.142. The van der Waals surface area contributed by atoms with Gasteiger partial charge in [0.25, 0.3) is 0 Å². The van der Waals surface area contributed by atoms with E-state index in [9.17, 15) is 9.59 Å². The van der Waals surface area contributed by atoms with Gasteiger partial charge in [-0.3, -0.25) is 0 Å². The summed E-state index contributed by atoms with van der Waals surface area (Å²) in [6.07, 6.45) is -0.890. The van der Waals surface area contributed by atoms with E-state index in [4.69, 9.17) is 15.0 Å². The average molecular weight is 256 g/mol. The Morgan fingerprint density at radius 3 is 2.89 bits per heavy atom. The van der Waals surface area contributed by atoms with Gasteiger partial charge in [0.05, 0.1) is 6.54 Å². The molecule has 1 N–H and O–H groups in total. The molecule has 0 aromatic heterocycles. The fraction of sp³-hybridized carbons (Fsp3) is 0.800. The molecule has 1 fully saturated rings. The van der Waals surface area contributed by atoms with Gasteiger partial charge in [0, 0.05) is 11.3 Å². The largest absolute Gasteiger partial charge is 0.461 e. The molecule has 2 atom stereocenters. The normalized spacial score (nSPS) is 22.9. The van der Waals surface area contributed by atoms with Gasteiger partial charge >= 0.3 is 12.1 Å². The smallest absolute Gasteiger partial charge is 0.408 e. The minimum atomic E-state index is -0.751. The third kappa shape index (κ3) is 4.50. The Labute approximate surface area is 104 Å². The van der Waals surface area contributed by atoms with Crippen LogP contribution in [-0.2, 0) is 14.3 Å². The first-order valence-electron chi connectivity index (χ1n) is 5.52. The first kappa shape index (κ1) is 14.1. The van der Waals surface area contributed by atoms with E-state index < -0.39 is 29.8 Å². The van der Waals surface area contributed by atoms with Crippen LogP contribution in [0.25, 0.3) is 10.4 Å². The van der Waals surface area contributed by atoms with Gasteiger partial charge < -0.3 is 14.8 Å². The topological polar surface area (TPSA) is 113 Å². The van der Waals surface area contributed by atoms with E-state index in [1.54, 1.807) is 20.8 Å². The van der Waals surface area contributed by atoms with Gasteiger partial charge in [-0.2, -0.15) is 0 Å². The highest BCUT2D eigenvalue weighted by Gasteiger charge is 2.36. The van der Waals surface area contributed by atoms with Crippen LogP contribution in [-0.4, -0.2) is 36.4 Å². The van der Waals surface area contributed by atoms with Gasteiger partial charge in [-0.05, 0) is 26.3 Å². The molecule has 1 heterocycles. The van der Waals surface area contributed by atoms with Crippen molar-refractivity contribution in [2.45, 2.75) is 44.9 Å². The van der Waals surface area contributed by atoms with Crippen LogP contribution < -0.4 is 5.32 Å². The number of esters is 1. The van der Waals surface area contributed by atoms with Crippen molar-refractivity contribution in [3.8, 4) is 0 Å². The number of nitrogens with one attached hydrogen (secondary N) is 1. The molecule has 1 aliphatic heterocycles. The minimum Gasteiger partial charge on any atom is -0.461 e. The second kappa shape index (κ2) is 5.59. The maximum atomic E-state index is 11.5. The standard InChI is InChI=1S/C10H16N4O4/c1-10(2,3)18-9(16)13-7-4-6(5-12-14-11)17-8(7)15/h6-7H,4-5H2,1-3H3,(H,13,16)/t6-,7+/m1/s1. The molecule has 0 unspecified atom stereocenters.